The Morgan fingerprint density at radius 3 is 2.56 bits per heavy atom. The minimum Gasteiger partial charge on any atom is -0.492 e. The van der Waals surface area contributed by atoms with Gasteiger partial charge in [-0.05, 0) is 18.2 Å². The van der Waals surface area contributed by atoms with Gasteiger partial charge in [0.2, 0.25) is 0 Å². The van der Waals surface area contributed by atoms with E-state index in [4.69, 9.17) is 4.74 Å². The van der Waals surface area contributed by atoms with E-state index in [1.165, 1.54) is 14.2 Å². The van der Waals surface area contributed by atoms with Crippen molar-refractivity contribution in [3.63, 3.8) is 0 Å². The first-order valence-corrected chi connectivity index (χ1v) is 9.52. The predicted molar refractivity (Wildman–Crippen MR) is 117 cm³/mol. The maximum absolute atomic E-state index is 12.4. The molecule has 0 saturated carbocycles. The van der Waals surface area contributed by atoms with E-state index in [2.05, 4.69) is 46.2 Å². The molecular weight excluding hydrogens is 412 g/mol. The lowest BCUT2D eigenvalue weighted by Gasteiger charge is -2.15. The largest absolute Gasteiger partial charge is 0.492 e. The lowest BCUT2D eigenvalue weighted by Crippen LogP contribution is -2.21. The third-order valence-corrected chi connectivity index (χ3v) is 4.39. The van der Waals surface area contributed by atoms with Crippen molar-refractivity contribution < 1.29 is 9.53 Å². The van der Waals surface area contributed by atoms with Crippen molar-refractivity contribution in [2.45, 2.75) is 0 Å². The number of amides is 1. The Labute approximate surface area is 183 Å². The second-order valence-electron chi connectivity index (χ2n) is 6.54. The quantitative estimate of drug-likeness (QED) is 0.396. The normalized spacial score (nSPS) is 10.5. The number of methoxy groups -OCH3 is 1. The van der Waals surface area contributed by atoms with Gasteiger partial charge in [-0.1, -0.05) is 0 Å². The van der Waals surface area contributed by atoms with Gasteiger partial charge in [-0.15, -0.1) is 10.2 Å². The number of rotatable bonds is 7. The first-order chi connectivity index (χ1) is 15.6. The fraction of sp³-hybridized carbons (Fsp3) is 0.150. The van der Waals surface area contributed by atoms with Crippen molar-refractivity contribution in [3.05, 3.63) is 54.9 Å². The zero-order chi connectivity index (χ0) is 22.5. The molecular formula is C20H20N10O2. The van der Waals surface area contributed by atoms with Gasteiger partial charge in [0, 0.05) is 44.4 Å². The van der Waals surface area contributed by atoms with Crippen LogP contribution < -0.4 is 20.7 Å². The molecule has 0 aliphatic carbocycles. The number of nitrogens with zero attached hydrogens (tertiary/aromatic N) is 7. The molecule has 4 heterocycles. The zero-order valence-electron chi connectivity index (χ0n) is 17.6. The van der Waals surface area contributed by atoms with Crippen LogP contribution in [-0.2, 0) is 7.05 Å². The summed E-state index contributed by atoms with van der Waals surface area (Å²) in [6.07, 6.45) is 6.50. The Bertz CT molecular complexity index is 1240. The van der Waals surface area contributed by atoms with Gasteiger partial charge in [-0.25, -0.2) is 9.97 Å². The molecule has 12 heteroatoms. The van der Waals surface area contributed by atoms with Crippen LogP contribution in [0.1, 0.15) is 10.5 Å². The Morgan fingerprint density at radius 1 is 1.06 bits per heavy atom. The molecule has 32 heavy (non-hydrogen) atoms. The maximum atomic E-state index is 12.4. The number of hydrogen-bond donors (Lipinski definition) is 3. The van der Waals surface area contributed by atoms with Crippen LogP contribution in [0.15, 0.2) is 49.2 Å². The number of carbonyl (C=O) groups excluding carboxylic acids is 1. The summed E-state index contributed by atoms with van der Waals surface area (Å²) in [5.74, 6) is 1.28. The number of hydrogen-bond acceptors (Lipinski definition) is 10. The average Bonchev–Trinajstić information content (AvgIpc) is 3.25. The van der Waals surface area contributed by atoms with Crippen LogP contribution in [0, 0.1) is 0 Å². The molecule has 0 aliphatic rings. The smallest absolute Gasteiger partial charge is 0.273 e. The van der Waals surface area contributed by atoms with Gasteiger partial charge in [0.05, 0.1) is 18.4 Å². The minimum atomic E-state index is -0.406. The van der Waals surface area contributed by atoms with Crippen LogP contribution in [0.25, 0.3) is 11.4 Å². The third-order valence-electron chi connectivity index (χ3n) is 4.39. The molecule has 4 aromatic heterocycles. The zero-order valence-corrected chi connectivity index (χ0v) is 17.6. The highest BCUT2D eigenvalue weighted by Gasteiger charge is 2.20. The fourth-order valence-electron chi connectivity index (χ4n) is 2.93. The molecule has 4 aromatic rings. The minimum absolute atomic E-state index is 0.0954. The molecule has 0 spiro atoms. The second-order valence-corrected chi connectivity index (χ2v) is 6.54. The van der Waals surface area contributed by atoms with Gasteiger partial charge in [0.25, 0.3) is 5.91 Å². The highest BCUT2D eigenvalue weighted by atomic mass is 16.5. The Kier molecular flexibility index (Phi) is 5.83. The number of nitrogens with one attached hydrogen (secondary N) is 3. The summed E-state index contributed by atoms with van der Waals surface area (Å²) in [5, 5.41) is 21.3. The van der Waals surface area contributed by atoms with Crippen LogP contribution in [0.3, 0.4) is 0 Å². The van der Waals surface area contributed by atoms with Gasteiger partial charge >= 0.3 is 0 Å². The van der Waals surface area contributed by atoms with Crippen molar-refractivity contribution in [3.8, 4) is 17.1 Å². The van der Waals surface area contributed by atoms with Gasteiger partial charge in [0.1, 0.15) is 6.33 Å². The van der Waals surface area contributed by atoms with Gasteiger partial charge in [0.15, 0.2) is 28.9 Å². The lowest BCUT2D eigenvalue weighted by molar-refractivity contribution is 0.0958. The first kappa shape index (κ1) is 20.7. The average molecular weight is 432 g/mol. The van der Waals surface area contributed by atoms with E-state index in [0.29, 0.717) is 34.5 Å². The van der Waals surface area contributed by atoms with E-state index in [-0.39, 0.29) is 5.69 Å². The van der Waals surface area contributed by atoms with E-state index in [0.717, 1.165) is 5.69 Å². The molecule has 0 saturated heterocycles. The number of aryl methyl sites for hydroxylation is 1. The highest BCUT2D eigenvalue weighted by Crippen LogP contribution is 2.35. The third kappa shape index (κ3) is 4.28. The lowest BCUT2D eigenvalue weighted by atomic mass is 10.2. The van der Waals surface area contributed by atoms with Gasteiger partial charge in [-0.3, -0.25) is 14.5 Å². The van der Waals surface area contributed by atoms with Crippen LogP contribution in [0.4, 0.5) is 23.0 Å². The molecule has 0 bridgehead atoms. The summed E-state index contributed by atoms with van der Waals surface area (Å²) in [5.41, 5.74) is 1.89. The molecule has 0 radical (unpaired) electrons. The molecule has 1 amide bonds. The van der Waals surface area contributed by atoms with Gasteiger partial charge < -0.3 is 20.7 Å². The fourth-order valence-corrected chi connectivity index (χ4v) is 2.93. The van der Waals surface area contributed by atoms with Crippen LogP contribution >= 0.6 is 0 Å². The number of carbonyl (C=O) groups is 1. The molecule has 162 valence electrons. The molecule has 0 aliphatic heterocycles. The molecule has 12 nitrogen and oxygen atoms in total. The van der Waals surface area contributed by atoms with Crippen LogP contribution in [0.2, 0.25) is 0 Å². The summed E-state index contributed by atoms with van der Waals surface area (Å²) in [6.45, 7) is 0. The predicted octanol–water partition coefficient (Wildman–Crippen LogP) is 1.92. The molecule has 0 unspecified atom stereocenters. The van der Waals surface area contributed by atoms with Crippen molar-refractivity contribution in [1.82, 2.24) is 40.2 Å². The number of aromatic nitrogens is 7. The summed E-state index contributed by atoms with van der Waals surface area (Å²) >= 11 is 0. The maximum Gasteiger partial charge on any atom is 0.273 e. The van der Waals surface area contributed by atoms with E-state index in [1.54, 1.807) is 60.9 Å². The standard InChI is InChI=1S/C20H20N10O2/c1-21-20(31)16-14(10-15(27-28-16)25-12-4-7-22-8-5-12)26-19-17(32-3)13(6-9-23-19)18-24-11-30(2)29-18/h4-11H,1-3H3,(H,21,31)(H2,22,23,25,26,27). The SMILES string of the molecule is CNC(=O)c1nnc(Nc2ccncc2)cc1Nc1nccc(-c2ncn(C)n2)c1OC. The summed E-state index contributed by atoms with van der Waals surface area (Å²) < 4.78 is 7.18. The van der Waals surface area contributed by atoms with Crippen LogP contribution in [-0.4, -0.2) is 55.0 Å². The van der Waals surface area contributed by atoms with Crippen molar-refractivity contribution in [1.29, 1.82) is 0 Å². The topological polar surface area (TPSA) is 145 Å². The summed E-state index contributed by atoms with van der Waals surface area (Å²) in [6, 6.07) is 6.98. The molecule has 0 atom stereocenters. The van der Waals surface area contributed by atoms with E-state index >= 15 is 0 Å². The van der Waals surface area contributed by atoms with Crippen LogP contribution in [0.5, 0.6) is 5.75 Å². The summed E-state index contributed by atoms with van der Waals surface area (Å²) in [7, 11) is 4.82. The van der Waals surface area contributed by atoms with Crippen molar-refractivity contribution in [2.75, 3.05) is 24.8 Å². The Morgan fingerprint density at radius 2 is 1.88 bits per heavy atom. The van der Waals surface area contributed by atoms with Gasteiger partial charge in [-0.2, -0.15) is 5.10 Å². The molecule has 0 aromatic carbocycles. The van der Waals surface area contributed by atoms with E-state index < -0.39 is 5.91 Å². The van der Waals surface area contributed by atoms with Crippen molar-refractivity contribution >= 4 is 28.9 Å². The Balaban J connectivity index is 1.74. The molecule has 4 rings (SSSR count). The van der Waals surface area contributed by atoms with E-state index in [1.807, 2.05) is 0 Å². The van der Waals surface area contributed by atoms with Crippen molar-refractivity contribution in [2.24, 2.45) is 7.05 Å². The summed E-state index contributed by atoms with van der Waals surface area (Å²) in [4.78, 5) is 25.0. The highest BCUT2D eigenvalue weighted by molar-refractivity contribution is 5.98. The molecule has 3 N–H and O–H groups in total. The second kappa shape index (κ2) is 9.04. The number of ether oxygens (including phenoxy) is 1. The Hall–Kier alpha value is -4.61. The first-order valence-electron chi connectivity index (χ1n) is 9.52. The van der Waals surface area contributed by atoms with E-state index in [9.17, 15) is 4.79 Å². The monoisotopic (exact) mass is 432 g/mol. The number of pyridine rings is 2. The number of anilines is 4. The molecule has 0 fully saturated rings.